The van der Waals surface area contributed by atoms with Crippen LogP contribution in [0.1, 0.15) is 25.1 Å². The predicted octanol–water partition coefficient (Wildman–Crippen LogP) is 3.12. The van der Waals surface area contributed by atoms with E-state index in [1.54, 1.807) is 0 Å². The fraction of sp³-hybridized carbons (Fsp3) is 0.286. The zero-order chi connectivity index (χ0) is 17.9. The van der Waals surface area contributed by atoms with Crippen molar-refractivity contribution >= 4 is 16.8 Å². The van der Waals surface area contributed by atoms with Crippen molar-refractivity contribution in [1.29, 1.82) is 0 Å². The van der Waals surface area contributed by atoms with Crippen molar-refractivity contribution in [2.45, 2.75) is 32.4 Å². The molecule has 25 heavy (non-hydrogen) atoms. The highest BCUT2D eigenvalue weighted by Crippen LogP contribution is 2.22. The van der Waals surface area contributed by atoms with Crippen LogP contribution in [0, 0.1) is 0 Å². The highest BCUT2D eigenvalue weighted by atomic mass is 16.3. The number of rotatable bonds is 6. The first-order chi connectivity index (χ1) is 12.0. The van der Waals surface area contributed by atoms with Crippen LogP contribution in [0.4, 0.5) is 0 Å². The molecule has 0 spiro atoms. The largest absolute Gasteiger partial charge is 0.394 e. The minimum Gasteiger partial charge on any atom is -0.394 e. The average Bonchev–Trinajstić information content (AvgIpc) is 2.93. The highest BCUT2D eigenvalue weighted by molar-refractivity contribution is 5.85. The summed E-state index contributed by atoms with van der Waals surface area (Å²) in [4.78, 5) is 12.4. The molecule has 0 saturated heterocycles. The van der Waals surface area contributed by atoms with Crippen molar-refractivity contribution < 1.29 is 9.90 Å². The van der Waals surface area contributed by atoms with E-state index < -0.39 is 5.54 Å². The van der Waals surface area contributed by atoms with Crippen LogP contribution in [0.25, 0.3) is 10.9 Å². The number of nitrogens with zero attached hydrogens (tertiary/aromatic N) is 1. The van der Waals surface area contributed by atoms with Crippen molar-refractivity contribution in [2.24, 2.45) is 0 Å². The molecule has 1 aromatic heterocycles. The van der Waals surface area contributed by atoms with Gasteiger partial charge < -0.3 is 15.0 Å². The predicted molar refractivity (Wildman–Crippen MR) is 100 cm³/mol. The third-order valence-electron chi connectivity index (χ3n) is 4.29. The van der Waals surface area contributed by atoms with Gasteiger partial charge in [0.05, 0.1) is 18.6 Å². The summed E-state index contributed by atoms with van der Waals surface area (Å²) in [5.41, 5.74) is 2.67. The number of aliphatic hydroxyl groups excluding tert-OH is 1. The van der Waals surface area contributed by atoms with E-state index in [1.165, 1.54) is 5.56 Å². The van der Waals surface area contributed by atoms with Crippen LogP contribution in [0.5, 0.6) is 0 Å². The molecule has 0 aliphatic heterocycles. The first kappa shape index (κ1) is 17.2. The van der Waals surface area contributed by atoms with Crippen molar-refractivity contribution in [3.05, 3.63) is 71.9 Å². The average molecular weight is 336 g/mol. The summed E-state index contributed by atoms with van der Waals surface area (Å²) in [7, 11) is 0. The Balaban J connectivity index is 1.91. The molecule has 2 N–H and O–H groups in total. The summed E-state index contributed by atoms with van der Waals surface area (Å²) in [6, 6.07) is 20.5. The molecule has 0 aliphatic rings. The van der Waals surface area contributed by atoms with Gasteiger partial charge in [0.1, 0.15) is 0 Å². The summed E-state index contributed by atoms with van der Waals surface area (Å²) in [6.45, 7) is 4.25. The van der Waals surface area contributed by atoms with Crippen molar-refractivity contribution in [1.82, 2.24) is 9.88 Å². The van der Waals surface area contributed by atoms with Gasteiger partial charge in [0.15, 0.2) is 0 Å². The van der Waals surface area contributed by atoms with E-state index in [9.17, 15) is 9.90 Å². The molecule has 0 radical (unpaired) electrons. The number of hydrogen-bond acceptors (Lipinski definition) is 2. The zero-order valence-electron chi connectivity index (χ0n) is 14.7. The monoisotopic (exact) mass is 336 g/mol. The topological polar surface area (TPSA) is 54.3 Å². The molecular formula is C21H24N2O2. The molecule has 0 fully saturated rings. The SMILES string of the molecule is CC(C)(CO)NC(=O)Cc1cc2ccccc2n1Cc1ccccc1. The summed E-state index contributed by atoms with van der Waals surface area (Å²) >= 11 is 0. The summed E-state index contributed by atoms with van der Waals surface area (Å²) in [5, 5.41) is 13.4. The van der Waals surface area contributed by atoms with Gasteiger partial charge in [-0.1, -0.05) is 48.5 Å². The maximum Gasteiger partial charge on any atom is 0.226 e. The second-order valence-electron chi connectivity index (χ2n) is 7.03. The Morgan fingerprint density at radius 1 is 1.08 bits per heavy atom. The lowest BCUT2D eigenvalue weighted by Gasteiger charge is -2.23. The standard InChI is InChI=1S/C21H24N2O2/c1-21(2,15-24)22-20(25)13-18-12-17-10-6-7-11-19(17)23(18)14-16-8-4-3-5-9-16/h3-12,24H,13-15H2,1-2H3,(H,22,25). The number of nitrogens with one attached hydrogen (secondary N) is 1. The Labute approximate surface area is 148 Å². The second-order valence-corrected chi connectivity index (χ2v) is 7.03. The van der Waals surface area contributed by atoms with E-state index in [1.807, 2.05) is 44.2 Å². The maximum atomic E-state index is 12.4. The molecule has 0 aliphatic carbocycles. The third kappa shape index (κ3) is 4.09. The third-order valence-corrected chi connectivity index (χ3v) is 4.29. The Hall–Kier alpha value is -2.59. The van der Waals surface area contributed by atoms with Crippen LogP contribution in [0.2, 0.25) is 0 Å². The first-order valence-corrected chi connectivity index (χ1v) is 8.51. The summed E-state index contributed by atoms with van der Waals surface area (Å²) in [6.07, 6.45) is 0.283. The van der Waals surface area contributed by atoms with Crippen molar-refractivity contribution in [3.63, 3.8) is 0 Å². The molecule has 1 amide bonds. The normalized spacial score (nSPS) is 11.6. The van der Waals surface area contributed by atoms with Gasteiger partial charge in [-0.25, -0.2) is 0 Å². The lowest BCUT2D eigenvalue weighted by atomic mass is 10.1. The number of amides is 1. The molecule has 0 saturated carbocycles. The van der Waals surface area contributed by atoms with E-state index >= 15 is 0 Å². The number of aromatic nitrogens is 1. The van der Waals surface area contributed by atoms with Crippen LogP contribution in [-0.4, -0.2) is 27.7 Å². The number of carbonyl (C=O) groups excluding carboxylic acids is 1. The van der Waals surface area contributed by atoms with Crippen molar-refractivity contribution in [3.8, 4) is 0 Å². The molecule has 3 aromatic rings. The number of hydrogen-bond donors (Lipinski definition) is 2. The first-order valence-electron chi connectivity index (χ1n) is 8.51. The second kappa shape index (κ2) is 7.11. The van der Waals surface area contributed by atoms with Gasteiger partial charge >= 0.3 is 0 Å². The molecule has 1 heterocycles. The van der Waals surface area contributed by atoms with E-state index in [-0.39, 0.29) is 18.9 Å². The van der Waals surface area contributed by atoms with Gasteiger partial charge in [0, 0.05) is 17.8 Å². The number of para-hydroxylation sites is 1. The quantitative estimate of drug-likeness (QED) is 0.727. The number of benzene rings is 2. The van der Waals surface area contributed by atoms with Gasteiger partial charge in [-0.3, -0.25) is 4.79 Å². The Bertz CT molecular complexity index is 866. The number of fused-ring (bicyclic) bond motifs is 1. The molecule has 0 atom stereocenters. The van der Waals surface area contributed by atoms with Gasteiger partial charge in [0.25, 0.3) is 0 Å². The molecule has 3 rings (SSSR count). The van der Waals surface area contributed by atoms with Crippen LogP contribution in [0.3, 0.4) is 0 Å². The van der Waals surface area contributed by atoms with Gasteiger partial charge in [0.2, 0.25) is 5.91 Å². The van der Waals surface area contributed by atoms with Gasteiger partial charge in [-0.05, 0) is 36.9 Å². The van der Waals surface area contributed by atoms with Crippen molar-refractivity contribution in [2.75, 3.05) is 6.61 Å². The van der Waals surface area contributed by atoms with Gasteiger partial charge in [-0.15, -0.1) is 0 Å². The lowest BCUT2D eigenvalue weighted by Crippen LogP contribution is -2.47. The summed E-state index contributed by atoms with van der Waals surface area (Å²) in [5.74, 6) is -0.0869. The minimum absolute atomic E-state index is 0.0869. The molecule has 0 bridgehead atoms. The summed E-state index contributed by atoms with van der Waals surface area (Å²) < 4.78 is 2.19. The fourth-order valence-corrected chi connectivity index (χ4v) is 2.99. The molecule has 0 unspecified atom stereocenters. The number of carbonyl (C=O) groups is 1. The van der Waals surface area contributed by atoms with Crippen LogP contribution in [-0.2, 0) is 17.8 Å². The minimum atomic E-state index is -0.618. The van der Waals surface area contributed by atoms with Gasteiger partial charge in [-0.2, -0.15) is 0 Å². The molecule has 4 heteroatoms. The van der Waals surface area contributed by atoms with Crippen LogP contribution >= 0.6 is 0 Å². The Morgan fingerprint density at radius 3 is 2.48 bits per heavy atom. The lowest BCUT2D eigenvalue weighted by molar-refractivity contribution is -0.122. The molecule has 130 valence electrons. The zero-order valence-corrected chi connectivity index (χ0v) is 14.7. The Kier molecular flexibility index (Phi) is 4.91. The smallest absolute Gasteiger partial charge is 0.226 e. The fourth-order valence-electron chi connectivity index (χ4n) is 2.99. The molecule has 4 nitrogen and oxygen atoms in total. The van der Waals surface area contributed by atoms with Crippen LogP contribution in [0.15, 0.2) is 60.7 Å². The van der Waals surface area contributed by atoms with E-state index in [0.29, 0.717) is 0 Å². The molecular weight excluding hydrogens is 312 g/mol. The number of aliphatic hydroxyl groups is 1. The molecule has 2 aromatic carbocycles. The van der Waals surface area contributed by atoms with E-state index in [4.69, 9.17) is 0 Å². The van der Waals surface area contributed by atoms with Crippen LogP contribution < -0.4 is 5.32 Å². The maximum absolute atomic E-state index is 12.4. The Morgan fingerprint density at radius 2 is 1.76 bits per heavy atom. The highest BCUT2D eigenvalue weighted by Gasteiger charge is 2.20. The van der Waals surface area contributed by atoms with E-state index in [0.717, 1.165) is 23.1 Å². The van der Waals surface area contributed by atoms with E-state index in [2.05, 4.69) is 40.2 Å².